The quantitative estimate of drug-likeness (QED) is 0.863. The number of hydrogen-bond acceptors (Lipinski definition) is 2. The maximum atomic E-state index is 13.5. The summed E-state index contributed by atoms with van der Waals surface area (Å²) >= 11 is 0. The van der Waals surface area contributed by atoms with E-state index in [4.69, 9.17) is 5.73 Å². The summed E-state index contributed by atoms with van der Waals surface area (Å²) in [6.45, 7) is -0.186. The zero-order valence-corrected chi connectivity index (χ0v) is 12.2. The van der Waals surface area contributed by atoms with Gasteiger partial charge in [-0.25, -0.2) is 8.78 Å². The first-order chi connectivity index (χ1) is 10.7. The largest absolute Gasteiger partial charge is 0.408 e. The molecule has 1 fully saturated rings. The number of likely N-dealkylation sites (tertiary alicyclic amines) is 1. The second kappa shape index (κ2) is 6.82. The predicted molar refractivity (Wildman–Crippen MR) is 73.4 cm³/mol. The molecule has 0 saturated carbocycles. The van der Waals surface area contributed by atoms with Gasteiger partial charge in [-0.05, 0) is 43.0 Å². The van der Waals surface area contributed by atoms with Crippen molar-refractivity contribution in [1.29, 1.82) is 0 Å². The van der Waals surface area contributed by atoms with Crippen molar-refractivity contribution in [3.05, 3.63) is 35.4 Å². The van der Waals surface area contributed by atoms with Crippen LogP contribution in [-0.4, -0.2) is 35.6 Å². The van der Waals surface area contributed by atoms with Crippen molar-refractivity contribution in [2.45, 2.75) is 43.9 Å². The number of benzene rings is 1. The van der Waals surface area contributed by atoms with E-state index in [0.717, 1.165) is 18.2 Å². The number of rotatable bonds is 3. The summed E-state index contributed by atoms with van der Waals surface area (Å²) in [5.74, 6) is -2.12. The minimum absolute atomic E-state index is 0.0387. The molecule has 1 aromatic rings. The molecule has 0 aromatic heterocycles. The topological polar surface area (TPSA) is 46.3 Å². The molecule has 0 aliphatic carbocycles. The van der Waals surface area contributed by atoms with Crippen molar-refractivity contribution in [2.24, 2.45) is 5.73 Å². The van der Waals surface area contributed by atoms with E-state index in [-0.39, 0.29) is 37.8 Å². The predicted octanol–water partition coefficient (Wildman–Crippen LogP) is 2.78. The summed E-state index contributed by atoms with van der Waals surface area (Å²) in [5, 5.41) is 0. The molecule has 0 spiro atoms. The van der Waals surface area contributed by atoms with Crippen LogP contribution < -0.4 is 5.73 Å². The Balaban J connectivity index is 2.06. The van der Waals surface area contributed by atoms with Crippen LogP contribution in [0.15, 0.2) is 18.2 Å². The van der Waals surface area contributed by atoms with Gasteiger partial charge in [-0.15, -0.1) is 0 Å². The highest BCUT2D eigenvalue weighted by atomic mass is 19.4. The monoisotopic (exact) mass is 336 g/mol. The van der Waals surface area contributed by atoms with E-state index in [2.05, 4.69) is 0 Å². The van der Waals surface area contributed by atoms with Crippen LogP contribution in [0.5, 0.6) is 0 Å². The van der Waals surface area contributed by atoms with E-state index >= 15 is 0 Å². The lowest BCUT2D eigenvalue weighted by Gasteiger charge is -2.39. The molecule has 2 rings (SSSR count). The Kier molecular flexibility index (Phi) is 5.23. The van der Waals surface area contributed by atoms with Crippen LogP contribution in [0.4, 0.5) is 22.0 Å². The lowest BCUT2D eigenvalue weighted by Crippen LogP contribution is -2.56. The van der Waals surface area contributed by atoms with Gasteiger partial charge in [0.2, 0.25) is 5.91 Å². The van der Waals surface area contributed by atoms with Crippen molar-refractivity contribution in [1.82, 2.24) is 4.90 Å². The van der Waals surface area contributed by atoms with Crippen LogP contribution in [0.3, 0.4) is 0 Å². The third kappa shape index (κ3) is 4.40. The number of aryl methyl sites for hydroxylation is 1. The summed E-state index contributed by atoms with van der Waals surface area (Å²) in [4.78, 5) is 12.8. The van der Waals surface area contributed by atoms with E-state index in [9.17, 15) is 26.7 Å². The van der Waals surface area contributed by atoms with Crippen molar-refractivity contribution in [3.8, 4) is 0 Å². The number of amides is 1. The van der Waals surface area contributed by atoms with Gasteiger partial charge < -0.3 is 10.6 Å². The van der Waals surface area contributed by atoms with E-state index in [0.29, 0.717) is 4.90 Å². The molecule has 8 heteroatoms. The highest BCUT2D eigenvalue weighted by Gasteiger charge is 2.47. The van der Waals surface area contributed by atoms with E-state index in [1.165, 1.54) is 0 Å². The molecule has 1 aliphatic rings. The minimum Gasteiger partial charge on any atom is -0.329 e. The van der Waals surface area contributed by atoms with Gasteiger partial charge in [-0.2, -0.15) is 13.2 Å². The first-order valence-electron chi connectivity index (χ1n) is 7.24. The molecule has 1 aromatic carbocycles. The number of alkyl halides is 3. The van der Waals surface area contributed by atoms with Gasteiger partial charge >= 0.3 is 6.18 Å². The second-order valence-corrected chi connectivity index (χ2v) is 5.68. The molecule has 23 heavy (non-hydrogen) atoms. The number of carbonyl (C=O) groups excluding carboxylic acids is 1. The van der Waals surface area contributed by atoms with Gasteiger partial charge in [0.25, 0.3) is 0 Å². The van der Waals surface area contributed by atoms with Crippen molar-refractivity contribution in [2.75, 3.05) is 6.54 Å². The van der Waals surface area contributed by atoms with Gasteiger partial charge in [0.05, 0.1) is 0 Å². The second-order valence-electron chi connectivity index (χ2n) is 5.68. The van der Waals surface area contributed by atoms with Crippen LogP contribution in [0.1, 0.15) is 24.8 Å². The maximum absolute atomic E-state index is 13.5. The molecule has 3 nitrogen and oxygen atoms in total. The van der Waals surface area contributed by atoms with E-state index < -0.39 is 35.8 Å². The molecular formula is C15H17F5N2O. The number of nitrogens with two attached hydrogens (primary N) is 1. The van der Waals surface area contributed by atoms with Crippen molar-refractivity contribution >= 4 is 5.91 Å². The van der Waals surface area contributed by atoms with Crippen LogP contribution in [0.2, 0.25) is 0 Å². The Morgan fingerprint density at radius 1 is 1.26 bits per heavy atom. The molecule has 1 saturated heterocycles. The third-order valence-corrected chi connectivity index (χ3v) is 3.93. The molecular weight excluding hydrogens is 319 g/mol. The first-order valence-corrected chi connectivity index (χ1v) is 7.24. The number of nitrogens with zero attached hydrogens (tertiary/aromatic N) is 1. The fraction of sp³-hybridized carbons (Fsp3) is 0.533. The van der Waals surface area contributed by atoms with Gasteiger partial charge in [-0.3, -0.25) is 4.79 Å². The van der Waals surface area contributed by atoms with Crippen LogP contribution in [-0.2, 0) is 11.2 Å². The average molecular weight is 336 g/mol. The molecule has 1 amide bonds. The first kappa shape index (κ1) is 17.7. The van der Waals surface area contributed by atoms with Crippen molar-refractivity contribution < 1.29 is 26.7 Å². The fourth-order valence-electron chi connectivity index (χ4n) is 2.74. The molecule has 2 N–H and O–H groups in total. The molecule has 1 heterocycles. The zero-order chi connectivity index (χ0) is 17.2. The summed E-state index contributed by atoms with van der Waals surface area (Å²) in [6.07, 6.45) is -5.09. The van der Waals surface area contributed by atoms with E-state index in [1.807, 2.05) is 0 Å². The van der Waals surface area contributed by atoms with Crippen LogP contribution >= 0.6 is 0 Å². The number of hydrogen-bond donors (Lipinski definition) is 1. The Hall–Kier alpha value is -1.70. The maximum Gasteiger partial charge on any atom is 0.408 e. The highest BCUT2D eigenvalue weighted by Crippen LogP contribution is 2.32. The molecule has 0 bridgehead atoms. The fourth-order valence-corrected chi connectivity index (χ4v) is 2.74. The summed E-state index contributed by atoms with van der Waals surface area (Å²) in [7, 11) is 0. The standard InChI is InChI=1S/C15H17F5N2O/c16-10-2-4-12(17)9(7-10)1-6-14(23)22-8-11(21)3-5-13(22)15(18,19)20/h2,4,7,11,13H,1,3,5-6,8,21H2/t11-,13-/m0/s1. The Morgan fingerprint density at radius 3 is 2.61 bits per heavy atom. The highest BCUT2D eigenvalue weighted by molar-refractivity contribution is 5.77. The number of halogens is 5. The SMILES string of the molecule is N[C@H]1CC[C@@H](C(F)(F)F)N(C(=O)CCc2cc(F)ccc2F)C1. The molecule has 2 atom stereocenters. The van der Waals surface area contributed by atoms with Gasteiger partial charge in [-0.1, -0.05) is 0 Å². The Labute approximate surface area is 130 Å². The Bertz CT molecular complexity index is 575. The normalized spacial score (nSPS) is 22.3. The molecule has 1 aliphatic heterocycles. The molecule has 0 radical (unpaired) electrons. The Morgan fingerprint density at radius 2 is 1.96 bits per heavy atom. The zero-order valence-electron chi connectivity index (χ0n) is 12.2. The van der Waals surface area contributed by atoms with E-state index in [1.54, 1.807) is 0 Å². The summed E-state index contributed by atoms with van der Waals surface area (Å²) in [6, 6.07) is 0.413. The van der Waals surface area contributed by atoms with Crippen molar-refractivity contribution in [3.63, 3.8) is 0 Å². The van der Waals surface area contributed by atoms with Gasteiger partial charge in [0.15, 0.2) is 0 Å². The van der Waals surface area contributed by atoms with Gasteiger partial charge in [0.1, 0.15) is 17.7 Å². The van der Waals surface area contributed by atoms with Crippen LogP contribution in [0.25, 0.3) is 0 Å². The summed E-state index contributed by atoms with van der Waals surface area (Å²) < 4.78 is 65.6. The number of carbonyl (C=O) groups is 1. The summed E-state index contributed by atoms with van der Waals surface area (Å²) in [5.41, 5.74) is 5.61. The molecule has 0 unspecified atom stereocenters. The molecule has 128 valence electrons. The average Bonchev–Trinajstić information content (AvgIpc) is 2.46. The van der Waals surface area contributed by atoms with Gasteiger partial charge in [0, 0.05) is 19.0 Å². The van der Waals surface area contributed by atoms with Crippen LogP contribution in [0, 0.1) is 11.6 Å². The minimum atomic E-state index is -4.53. The third-order valence-electron chi connectivity index (χ3n) is 3.93. The lowest BCUT2D eigenvalue weighted by atomic mass is 9.97. The number of piperidine rings is 1. The lowest BCUT2D eigenvalue weighted by molar-refractivity contribution is -0.196. The smallest absolute Gasteiger partial charge is 0.329 e.